The monoisotopic (exact) mass is 307 g/mol. The van der Waals surface area contributed by atoms with Crippen LogP contribution in [0.2, 0.25) is 0 Å². The second-order valence-electron chi connectivity index (χ2n) is 6.50. The highest BCUT2D eigenvalue weighted by Gasteiger charge is 2.24. The molecule has 0 bridgehead atoms. The number of carbonyl (C=O) groups is 1. The molecule has 1 aliphatic carbocycles. The molecule has 0 N–H and O–H groups in total. The molecule has 0 heterocycles. The van der Waals surface area contributed by atoms with Gasteiger partial charge in [0.15, 0.2) is 0 Å². The molecular weight excluding hydrogens is 282 g/mol. The SMILES string of the molecule is CCCN(Cc1ccccc1)[C@H]1CCc2cc(C=O)ccc2C1. The summed E-state index contributed by atoms with van der Waals surface area (Å²) in [5, 5.41) is 0. The van der Waals surface area contributed by atoms with Crippen LogP contribution in [0.15, 0.2) is 48.5 Å². The van der Waals surface area contributed by atoms with Crippen LogP contribution in [0.25, 0.3) is 0 Å². The zero-order valence-corrected chi connectivity index (χ0v) is 13.9. The van der Waals surface area contributed by atoms with E-state index in [0.717, 1.165) is 37.8 Å². The maximum atomic E-state index is 10.9. The normalized spacial score (nSPS) is 17.0. The molecule has 2 aromatic rings. The van der Waals surface area contributed by atoms with Crippen LogP contribution in [0, 0.1) is 0 Å². The van der Waals surface area contributed by atoms with Gasteiger partial charge in [0.2, 0.25) is 0 Å². The van der Waals surface area contributed by atoms with Gasteiger partial charge in [0.25, 0.3) is 0 Å². The molecule has 1 aliphatic rings. The van der Waals surface area contributed by atoms with Crippen molar-refractivity contribution in [3.8, 4) is 0 Å². The highest BCUT2D eigenvalue weighted by atomic mass is 16.1. The average molecular weight is 307 g/mol. The molecule has 1 atom stereocenters. The fourth-order valence-electron chi connectivity index (χ4n) is 3.64. The topological polar surface area (TPSA) is 20.3 Å². The first-order chi connectivity index (χ1) is 11.3. The fourth-order valence-corrected chi connectivity index (χ4v) is 3.64. The molecule has 0 saturated carbocycles. The number of rotatable bonds is 6. The van der Waals surface area contributed by atoms with Crippen LogP contribution in [-0.4, -0.2) is 23.8 Å². The van der Waals surface area contributed by atoms with E-state index in [1.807, 2.05) is 6.07 Å². The van der Waals surface area contributed by atoms with E-state index >= 15 is 0 Å². The molecule has 0 saturated heterocycles. The lowest BCUT2D eigenvalue weighted by Crippen LogP contribution is -2.39. The van der Waals surface area contributed by atoms with Gasteiger partial charge >= 0.3 is 0 Å². The van der Waals surface area contributed by atoms with Crippen LogP contribution in [0.3, 0.4) is 0 Å². The molecule has 0 aromatic heterocycles. The largest absolute Gasteiger partial charge is 0.298 e. The Morgan fingerprint density at radius 2 is 1.96 bits per heavy atom. The Morgan fingerprint density at radius 1 is 1.13 bits per heavy atom. The number of hydrogen-bond acceptors (Lipinski definition) is 2. The van der Waals surface area contributed by atoms with E-state index in [4.69, 9.17) is 0 Å². The van der Waals surface area contributed by atoms with Crippen molar-refractivity contribution in [1.82, 2.24) is 4.90 Å². The average Bonchev–Trinajstić information content (AvgIpc) is 2.61. The minimum absolute atomic E-state index is 0.602. The summed E-state index contributed by atoms with van der Waals surface area (Å²) < 4.78 is 0. The van der Waals surface area contributed by atoms with E-state index in [0.29, 0.717) is 6.04 Å². The first kappa shape index (κ1) is 15.9. The molecule has 0 fully saturated rings. The Bertz CT molecular complexity index is 650. The molecule has 0 amide bonds. The number of aldehydes is 1. The minimum atomic E-state index is 0.602. The minimum Gasteiger partial charge on any atom is -0.298 e. The number of aryl methyl sites for hydroxylation is 1. The maximum absolute atomic E-state index is 10.9. The van der Waals surface area contributed by atoms with Gasteiger partial charge in [0.1, 0.15) is 6.29 Å². The Kier molecular flexibility index (Phi) is 5.24. The second-order valence-corrected chi connectivity index (χ2v) is 6.50. The fraction of sp³-hybridized carbons (Fsp3) is 0.381. The summed E-state index contributed by atoms with van der Waals surface area (Å²) in [5.74, 6) is 0. The second kappa shape index (κ2) is 7.56. The van der Waals surface area contributed by atoms with Gasteiger partial charge in [-0.25, -0.2) is 0 Å². The smallest absolute Gasteiger partial charge is 0.150 e. The standard InChI is InChI=1S/C21H25NO/c1-2-12-22(15-17-6-4-3-5-7-17)21-11-10-19-13-18(16-23)8-9-20(19)14-21/h3-9,13,16,21H,2,10-12,14-15H2,1H3/t21-/m0/s1. The predicted octanol–water partition coefficient (Wildman–Crippen LogP) is 4.27. The zero-order chi connectivity index (χ0) is 16.1. The number of fused-ring (bicyclic) bond motifs is 1. The van der Waals surface area contributed by atoms with Gasteiger partial charge < -0.3 is 0 Å². The Labute approximate surface area is 139 Å². The van der Waals surface area contributed by atoms with E-state index in [1.165, 1.54) is 29.5 Å². The Hall–Kier alpha value is -1.93. The van der Waals surface area contributed by atoms with Crippen molar-refractivity contribution < 1.29 is 4.79 Å². The highest BCUT2D eigenvalue weighted by Crippen LogP contribution is 2.26. The van der Waals surface area contributed by atoms with E-state index < -0.39 is 0 Å². The Morgan fingerprint density at radius 3 is 2.70 bits per heavy atom. The quantitative estimate of drug-likeness (QED) is 0.743. The number of benzene rings is 2. The third kappa shape index (κ3) is 3.89. The van der Waals surface area contributed by atoms with Gasteiger partial charge in [0, 0.05) is 18.2 Å². The number of nitrogens with zero attached hydrogens (tertiary/aromatic N) is 1. The molecule has 3 rings (SSSR count). The summed E-state index contributed by atoms with van der Waals surface area (Å²) in [4.78, 5) is 13.6. The van der Waals surface area contributed by atoms with E-state index in [9.17, 15) is 4.79 Å². The summed E-state index contributed by atoms with van der Waals surface area (Å²) in [6.07, 6.45) is 5.49. The van der Waals surface area contributed by atoms with Crippen molar-refractivity contribution in [1.29, 1.82) is 0 Å². The predicted molar refractivity (Wildman–Crippen MR) is 94.8 cm³/mol. The highest BCUT2D eigenvalue weighted by molar-refractivity contribution is 5.75. The summed E-state index contributed by atoms with van der Waals surface area (Å²) in [5.41, 5.74) is 4.97. The third-order valence-electron chi connectivity index (χ3n) is 4.82. The molecule has 2 heteroatoms. The Balaban J connectivity index is 1.74. The maximum Gasteiger partial charge on any atom is 0.150 e. The molecule has 0 radical (unpaired) electrons. The summed E-state index contributed by atoms with van der Waals surface area (Å²) >= 11 is 0. The van der Waals surface area contributed by atoms with Gasteiger partial charge in [-0.1, -0.05) is 49.4 Å². The van der Waals surface area contributed by atoms with Crippen LogP contribution in [0.4, 0.5) is 0 Å². The van der Waals surface area contributed by atoms with E-state index in [-0.39, 0.29) is 0 Å². The first-order valence-corrected chi connectivity index (χ1v) is 8.65. The summed E-state index contributed by atoms with van der Waals surface area (Å²) in [7, 11) is 0. The van der Waals surface area contributed by atoms with Crippen molar-refractivity contribution >= 4 is 6.29 Å². The summed E-state index contributed by atoms with van der Waals surface area (Å²) in [6.45, 7) is 4.42. The molecule has 0 spiro atoms. The number of carbonyl (C=O) groups excluding carboxylic acids is 1. The van der Waals surface area contributed by atoms with Crippen LogP contribution in [0.1, 0.15) is 46.8 Å². The van der Waals surface area contributed by atoms with Crippen LogP contribution < -0.4 is 0 Å². The van der Waals surface area contributed by atoms with Crippen molar-refractivity contribution in [3.63, 3.8) is 0 Å². The lowest BCUT2D eigenvalue weighted by Gasteiger charge is -2.35. The van der Waals surface area contributed by atoms with E-state index in [2.05, 4.69) is 54.3 Å². The lowest BCUT2D eigenvalue weighted by molar-refractivity contribution is 0.112. The molecular formula is C21H25NO. The van der Waals surface area contributed by atoms with Gasteiger partial charge in [0.05, 0.1) is 0 Å². The van der Waals surface area contributed by atoms with Crippen molar-refractivity contribution in [2.45, 2.75) is 45.2 Å². The number of hydrogen-bond donors (Lipinski definition) is 0. The first-order valence-electron chi connectivity index (χ1n) is 8.65. The summed E-state index contributed by atoms with van der Waals surface area (Å²) in [6, 6.07) is 17.5. The molecule has 120 valence electrons. The van der Waals surface area contributed by atoms with Gasteiger partial charge in [-0.2, -0.15) is 0 Å². The van der Waals surface area contributed by atoms with Gasteiger partial charge in [-0.3, -0.25) is 9.69 Å². The van der Waals surface area contributed by atoms with Gasteiger partial charge in [-0.05, 0) is 55.0 Å². The van der Waals surface area contributed by atoms with Crippen LogP contribution in [-0.2, 0) is 19.4 Å². The molecule has 2 nitrogen and oxygen atoms in total. The van der Waals surface area contributed by atoms with Crippen molar-refractivity contribution in [2.75, 3.05) is 6.54 Å². The lowest BCUT2D eigenvalue weighted by atomic mass is 9.86. The molecule has 0 aliphatic heterocycles. The van der Waals surface area contributed by atoms with Gasteiger partial charge in [-0.15, -0.1) is 0 Å². The van der Waals surface area contributed by atoms with Crippen LogP contribution in [0.5, 0.6) is 0 Å². The molecule has 23 heavy (non-hydrogen) atoms. The van der Waals surface area contributed by atoms with Crippen molar-refractivity contribution in [3.05, 3.63) is 70.8 Å². The third-order valence-corrected chi connectivity index (χ3v) is 4.82. The molecule has 0 unspecified atom stereocenters. The molecule has 2 aromatic carbocycles. The van der Waals surface area contributed by atoms with Crippen LogP contribution >= 0.6 is 0 Å². The van der Waals surface area contributed by atoms with E-state index in [1.54, 1.807) is 0 Å². The van der Waals surface area contributed by atoms with Crippen molar-refractivity contribution in [2.24, 2.45) is 0 Å². The zero-order valence-electron chi connectivity index (χ0n) is 13.9.